The Labute approximate surface area is 117 Å². The molecule has 1 fully saturated rings. The van der Waals surface area contributed by atoms with E-state index in [0.29, 0.717) is 0 Å². The smallest absolute Gasteiger partial charge is 0.246 e. The van der Waals surface area contributed by atoms with Crippen LogP contribution in [0.25, 0.3) is 0 Å². The van der Waals surface area contributed by atoms with Crippen molar-refractivity contribution in [2.45, 2.75) is 37.5 Å². The van der Waals surface area contributed by atoms with Crippen molar-refractivity contribution in [2.75, 3.05) is 12.3 Å². The molecule has 1 aliphatic rings. The van der Waals surface area contributed by atoms with Crippen LogP contribution in [-0.2, 0) is 10.0 Å². The monoisotopic (exact) mass is 304 g/mol. The summed E-state index contributed by atoms with van der Waals surface area (Å²) >= 11 is 0. The summed E-state index contributed by atoms with van der Waals surface area (Å²) in [6.07, 6.45) is 3.74. The number of nitrogens with two attached hydrogens (primary N) is 1. The van der Waals surface area contributed by atoms with Crippen LogP contribution >= 0.6 is 0 Å². The maximum Gasteiger partial charge on any atom is 0.246 e. The Bertz CT molecular complexity index is 590. The maximum absolute atomic E-state index is 13.7. The highest BCUT2D eigenvalue weighted by molar-refractivity contribution is 7.89. The molecule has 2 rings (SSSR count). The van der Waals surface area contributed by atoms with E-state index in [9.17, 15) is 17.2 Å². The topological polar surface area (TPSA) is 72.2 Å². The third kappa shape index (κ3) is 3.09. The highest BCUT2D eigenvalue weighted by Crippen LogP contribution is 2.49. The van der Waals surface area contributed by atoms with Gasteiger partial charge >= 0.3 is 0 Å². The van der Waals surface area contributed by atoms with Crippen molar-refractivity contribution in [2.24, 2.45) is 5.41 Å². The molecule has 0 heterocycles. The molecule has 0 aliphatic heterocycles. The molecule has 0 spiro atoms. The zero-order valence-corrected chi connectivity index (χ0v) is 12.1. The predicted molar refractivity (Wildman–Crippen MR) is 72.5 cm³/mol. The molecular weight excluding hydrogens is 286 g/mol. The van der Waals surface area contributed by atoms with E-state index < -0.39 is 26.6 Å². The van der Waals surface area contributed by atoms with E-state index >= 15 is 0 Å². The van der Waals surface area contributed by atoms with Gasteiger partial charge in [0.15, 0.2) is 4.90 Å². The Balaban J connectivity index is 2.19. The molecule has 0 bridgehead atoms. The largest absolute Gasteiger partial charge is 0.399 e. The average molecular weight is 304 g/mol. The lowest BCUT2D eigenvalue weighted by molar-refractivity contribution is 0.446. The molecule has 0 saturated heterocycles. The van der Waals surface area contributed by atoms with Crippen LogP contribution in [0.15, 0.2) is 17.0 Å². The van der Waals surface area contributed by atoms with Crippen molar-refractivity contribution in [1.82, 2.24) is 4.72 Å². The summed E-state index contributed by atoms with van der Waals surface area (Å²) in [5.41, 5.74) is 5.08. The van der Waals surface area contributed by atoms with Gasteiger partial charge in [0.05, 0.1) is 0 Å². The summed E-state index contributed by atoms with van der Waals surface area (Å²) in [6, 6.07) is 1.60. The minimum Gasteiger partial charge on any atom is -0.399 e. The molecule has 7 heteroatoms. The van der Waals surface area contributed by atoms with Crippen LogP contribution in [0.4, 0.5) is 14.5 Å². The van der Waals surface area contributed by atoms with Crippen LogP contribution in [-0.4, -0.2) is 15.0 Å². The standard InChI is InChI=1S/C13H18F2N2O2S/c1-2-3-13(4-5-13)8-17-20(18,19)12-10(14)6-9(16)7-11(12)15/h6-7,17H,2-5,8,16H2,1H3. The summed E-state index contributed by atoms with van der Waals surface area (Å²) in [5, 5.41) is 0. The minimum absolute atomic E-state index is 0.0391. The highest BCUT2D eigenvalue weighted by Gasteiger charge is 2.42. The highest BCUT2D eigenvalue weighted by atomic mass is 32.2. The molecule has 4 nitrogen and oxygen atoms in total. The molecule has 1 aliphatic carbocycles. The zero-order chi connectivity index (χ0) is 15.0. The molecule has 1 aromatic rings. The van der Waals surface area contributed by atoms with E-state index in [2.05, 4.69) is 4.72 Å². The van der Waals surface area contributed by atoms with Gasteiger partial charge in [0.2, 0.25) is 10.0 Å². The number of rotatable bonds is 6. The van der Waals surface area contributed by atoms with Crippen molar-refractivity contribution in [3.63, 3.8) is 0 Å². The summed E-state index contributed by atoms with van der Waals surface area (Å²) in [4.78, 5) is -0.959. The van der Waals surface area contributed by atoms with Crippen molar-refractivity contribution < 1.29 is 17.2 Å². The second-order valence-electron chi connectivity index (χ2n) is 5.39. The van der Waals surface area contributed by atoms with Crippen LogP contribution in [0, 0.1) is 17.0 Å². The number of hydrogen-bond donors (Lipinski definition) is 2. The van der Waals surface area contributed by atoms with E-state index in [-0.39, 0.29) is 17.6 Å². The molecule has 0 amide bonds. The molecule has 0 atom stereocenters. The van der Waals surface area contributed by atoms with Crippen molar-refractivity contribution in [3.8, 4) is 0 Å². The maximum atomic E-state index is 13.7. The van der Waals surface area contributed by atoms with Crippen LogP contribution in [0.5, 0.6) is 0 Å². The molecule has 1 saturated carbocycles. The van der Waals surface area contributed by atoms with Crippen molar-refractivity contribution in [3.05, 3.63) is 23.8 Å². The number of hydrogen-bond acceptors (Lipinski definition) is 3. The summed E-state index contributed by atoms with van der Waals surface area (Å²) in [5.74, 6) is -2.34. The first kappa shape index (κ1) is 15.2. The SMILES string of the molecule is CCCC1(CNS(=O)(=O)c2c(F)cc(N)cc2F)CC1. The van der Waals surface area contributed by atoms with Crippen LogP contribution in [0.1, 0.15) is 32.6 Å². The van der Waals surface area contributed by atoms with E-state index in [1.165, 1.54) is 0 Å². The van der Waals surface area contributed by atoms with Crippen molar-refractivity contribution in [1.29, 1.82) is 0 Å². The Morgan fingerprint density at radius 2 is 1.85 bits per heavy atom. The van der Waals surface area contributed by atoms with Gasteiger partial charge in [0, 0.05) is 12.2 Å². The van der Waals surface area contributed by atoms with Gasteiger partial charge < -0.3 is 5.73 Å². The fraction of sp³-hybridized carbons (Fsp3) is 0.538. The van der Waals surface area contributed by atoms with E-state index in [4.69, 9.17) is 5.73 Å². The Morgan fingerprint density at radius 3 is 2.30 bits per heavy atom. The number of halogens is 2. The summed E-state index contributed by atoms with van der Waals surface area (Å²) in [7, 11) is -4.21. The first-order valence-corrected chi connectivity index (χ1v) is 8.02. The first-order chi connectivity index (χ1) is 9.30. The first-order valence-electron chi connectivity index (χ1n) is 6.54. The third-order valence-corrected chi connectivity index (χ3v) is 5.12. The number of nitrogen functional groups attached to an aromatic ring is 1. The molecule has 112 valence electrons. The minimum atomic E-state index is -4.21. The molecule has 1 aromatic carbocycles. The van der Waals surface area contributed by atoms with Crippen LogP contribution in [0.2, 0.25) is 0 Å². The van der Waals surface area contributed by atoms with E-state index in [1.54, 1.807) is 0 Å². The third-order valence-electron chi connectivity index (χ3n) is 3.66. The van der Waals surface area contributed by atoms with Gasteiger partial charge in [0.25, 0.3) is 0 Å². The Kier molecular flexibility index (Phi) is 4.02. The number of anilines is 1. The van der Waals surface area contributed by atoms with Crippen molar-refractivity contribution >= 4 is 15.7 Å². The summed E-state index contributed by atoms with van der Waals surface area (Å²) in [6.45, 7) is 2.24. The van der Waals surface area contributed by atoms with Gasteiger partial charge in [-0.05, 0) is 36.8 Å². The molecule has 20 heavy (non-hydrogen) atoms. The summed E-state index contributed by atoms with van der Waals surface area (Å²) < 4.78 is 53.7. The van der Waals surface area contributed by atoms with Gasteiger partial charge in [-0.25, -0.2) is 21.9 Å². The quantitative estimate of drug-likeness (QED) is 0.793. The molecular formula is C13H18F2N2O2S. The molecule has 3 N–H and O–H groups in total. The van der Waals surface area contributed by atoms with E-state index in [1.807, 2.05) is 6.92 Å². The zero-order valence-electron chi connectivity index (χ0n) is 11.2. The molecule has 0 radical (unpaired) electrons. The van der Waals surface area contributed by atoms with Gasteiger partial charge in [-0.1, -0.05) is 13.3 Å². The lowest BCUT2D eigenvalue weighted by Crippen LogP contribution is -2.31. The number of nitrogens with one attached hydrogen (secondary N) is 1. The average Bonchev–Trinajstić information content (AvgIpc) is 3.06. The van der Waals surface area contributed by atoms with Gasteiger partial charge in [-0.3, -0.25) is 0 Å². The second kappa shape index (κ2) is 5.29. The lowest BCUT2D eigenvalue weighted by Gasteiger charge is -2.15. The van der Waals surface area contributed by atoms with Crippen LogP contribution in [0.3, 0.4) is 0 Å². The normalized spacial score (nSPS) is 17.1. The van der Waals surface area contributed by atoms with E-state index in [0.717, 1.165) is 37.8 Å². The van der Waals surface area contributed by atoms with Gasteiger partial charge in [-0.15, -0.1) is 0 Å². The predicted octanol–water partition coefficient (Wildman–Crippen LogP) is 2.41. The Morgan fingerprint density at radius 1 is 1.30 bits per heavy atom. The fourth-order valence-electron chi connectivity index (χ4n) is 2.38. The Hall–Kier alpha value is -1.21. The molecule has 0 unspecified atom stereocenters. The van der Waals surface area contributed by atoms with Gasteiger partial charge in [0.1, 0.15) is 11.6 Å². The lowest BCUT2D eigenvalue weighted by atomic mass is 10.0. The second-order valence-corrected chi connectivity index (χ2v) is 7.09. The van der Waals surface area contributed by atoms with Crippen LogP contribution < -0.4 is 10.5 Å². The molecule has 0 aromatic heterocycles. The number of benzene rings is 1. The van der Waals surface area contributed by atoms with Gasteiger partial charge in [-0.2, -0.15) is 0 Å². The fourth-order valence-corrected chi connectivity index (χ4v) is 3.65. The number of sulfonamides is 1.